The zero-order valence-electron chi connectivity index (χ0n) is 15.3. The van der Waals surface area contributed by atoms with Crippen LogP contribution in [-0.2, 0) is 52.4 Å². The first-order chi connectivity index (χ1) is 9.66. The topological polar surface area (TPSA) is 80.9 Å². The van der Waals surface area contributed by atoms with E-state index in [0.29, 0.717) is 26.4 Å². The molecule has 0 aromatic carbocycles. The number of aliphatic hydroxyl groups excluding tert-OH is 4. The molecule has 0 atom stereocenters. The third kappa shape index (κ3) is 99.4. The van der Waals surface area contributed by atoms with Crippen LogP contribution in [0.5, 0.6) is 0 Å². The Hall–Kier alpha value is 1.61. The van der Waals surface area contributed by atoms with Crippen molar-refractivity contribution < 1.29 is 72.8 Å². The van der Waals surface area contributed by atoms with Gasteiger partial charge in [0.2, 0.25) is 0 Å². The van der Waals surface area contributed by atoms with Crippen LogP contribution < -0.4 is 0 Å². The van der Waals surface area contributed by atoms with Gasteiger partial charge in [-0.05, 0) is 25.7 Å². The number of aliphatic hydroxyl groups is 4. The third-order valence-electron chi connectivity index (χ3n) is 2.05. The Labute approximate surface area is 177 Å². The molecule has 0 aliphatic carbocycles. The monoisotopic (exact) mass is 476 g/mol. The first-order valence-corrected chi connectivity index (χ1v) is 8.09. The minimum atomic E-state index is 0. The van der Waals surface area contributed by atoms with E-state index in [1.165, 1.54) is 0 Å². The first kappa shape index (κ1) is 38.9. The van der Waals surface area contributed by atoms with E-state index in [0.717, 1.165) is 51.4 Å². The quantitative estimate of drug-likeness (QED) is 0.432. The maximum absolute atomic E-state index is 8.07. The van der Waals surface area contributed by atoms with E-state index in [1.54, 1.807) is 0 Å². The summed E-state index contributed by atoms with van der Waals surface area (Å²) in [6.07, 6.45) is 8.15. The van der Waals surface area contributed by atoms with Crippen LogP contribution in [0.1, 0.15) is 79.1 Å². The molecule has 0 saturated heterocycles. The largest absolute Gasteiger partial charge is 0.396 e. The Kier molecular flexibility index (Phi) is 101. The fraction of sp³-hybridized carbons (Fsp3) is 1.00. The molecule has 0 amide bonds. The van der Waals surface area contributed by atoms with Crippen LogP contribution in [-0.4, -0.2) is 46.9 Å². The van der Waals surface area contributed by atoms with Crippen LogP contribution in [0.2, 0.25) is 0 Å². The van der Waals surface area contributed by atoms with Gasteiger partial charge in [0, 0.05) is 78.8 Å². The normalized spacial score (nSPS) is 7.64. The molecule has 4 nitrogen and oxygen atoms in total. The molecule has 0 aromatic rings. The van der Waals surface area contributed by atoms with Crippen molar-refractivity contribution in [2.45, 2.75) is 79.1 Å². The minimum absolute atomic E-state index is 0. The minimum Gasteiger partial charge on any atom is -0.396 e. The van der Waals surface area contributed by atoms with E-state index in [1.807, 2.05) is 0 Å². The summed E-state index contributed by atoms with van der Waals surface area (Å²) in [7, 11) is 0. The van der Waals surface area contributed by atoms with Crippen LogP contribution in [0.25, 0.3) is 0 Å². The summed E-state index contributed by atoms with van der Waals surface area (Å²) in [4.78, 5) is 0. The fourth-order valence-electron chi connectivity index (χ4n) is 0.632. The van der Waals surface area contributed by atoms with Crippen molar-refractivity contribution in [2.24, 2.45) is 0 Å². The van der Waals surface area contributed by atoms with Gasteiger partial charge >= 0.3 is 0 Å². The molecule has 0 aliphatic rings. The number of unbranched alkanes of at least 4 members (excludes halogenated alkanes) is 4. The van der Waals surface area contributed by atoms with Crippen molar-refractivity contribution in [3.8, 4) is 0 Å². The molecule has 0 spiro atoms. The van der Waals surface area contributed by atoms with Crippen LogP contribution in [0.15, 0.2) is 0 Å². The maximum atomic E-state index is 8.07. The van der Waals surface area contributed by atoms with Gasteiger partial charge in [-0.25, -0.2) is 0 Å². The summed E-state index contributed by atoms with van der Waals surface area (Å²) in [5.41, 5.74) is 0. The second kappa shape index (κ2) is 57.0. The zero-order chi connectivity index (χ0) is 16.5. The number of hydrogen-bond donors (Lipinski definition) is 4. The summed E-state index contributed by atoms with van der Waals surface area (Å²) < 4.78 is 0. The van der Waals surface area contributed by atoms with Crippen molar-refractivity contribution in [3.63, 3.8) is 0 Å². The molecule has 0 bridgehead atoms. The van der Waals surface area contributed by atoms with E-state index in [9.17, 15) is 0 Å². The van der Waals surface area contributed by atoms with Gasteiger partial charge < -0.3 is 20.4 Å². The Balaban J connectivity index is -0.0000000376. The standard InChI is InChI=1S/4C4H10O.2Zr/c4*1-2-3-4-5;;/h4*5H,2-4H2,1H3;;. The van der Waals surface area contributed by atoms with E-state index in [2.05, 4.69) is 27.7 Å². The maximum Gasteiger partial charge on any atom is 0.0430 e. The van der Waals surface area contributed by atoms with Crippen LogP contribution in [0.4, 0.5) is 0 Å². The Morgan fingerprint density at radius 2 is 0.545 bits per heavy atom. The predicted molar refractivity (Wildman–Crippen MR) is 88.0 cm³/mol. The van der Waals surface area contributed by atoms with Crippen molar-refractivity contribution in [1.82, 2.24) is 0 Å². The van der Waals surface area contributed by atoms with Gasteiger partial charge in [0.25, 0.3) is 0 Å². The smallest absolute Gasteiger partial charge is 0.0430 e. The van der Waals surface area contributed by atoms with E-state index in [4.69, 9.17) is 20.4 Å². The van der Waals surface area contributed by atoms with Gasteiger partial charge in [0.15, 0.2) is 0 Å². The average molecular weight is 479 g/mol. The fourth-order valence-corrected chi connectivity index (χ4v) is 0.632. The Morgan fingerprint density at radius 3 is 0.545 bits per heavy atom. The number of hydrogen-bond acceptors (Lipinski definition) is 4. The molecule has 0 aliphatic heterocycles. The van der Waals surface area contributed by atoms with E-state index >= 15 is 0 Å². The van der Waals surface area contributed by atoms with Crippen LogP contribution >= 0.6 is 0 Å². The second-order valence-corrected chi connectivity index (χ2v) is 4.31. The molecule has 0 saturated carbocycles. The molecular weight excluding hydrogens is 439 g/mol. The molecule has 0 heterocycles. The van der Waals surface area contributed by atoms with Crippen LogP contribution in [0.3, 0.4) is 0 Å². The van der Waals surface area contributed by atoms with Crippen molar-refractivity contribution in [3.05, 3.63) is 0 Å². The zero-order valence-corrected chi connectivity index (χ0v) is 20.2. The molecular formula is C16H40O4Zr2. The molecule has 0 radical (unpaired) electrons. The van der Waals surface area contributed by atoms with Gasteiger partial charge in [0.05, 0.1) is 0 Å². The summed E-state index contributed by atoms with van der Waals surface area (Å²) in [5, 5.41) is 32.3. The van der Waals surface area contributed by atoms with Crippen LogP contribution in [0, 0.1) is 0 Å². The molecule has 0 fully saturated rings. The van der Waals surface area contributed by atoms with E-state index < -0.39 is 0 Å². The first-order valence-electron chi connectivity index (χ1n) is 8.09. The predicted octanol–water partition coefficient (Wildman–Crippen LogP) is 3.11. The number of rotatable bonds is 8. The van der Waals surface area contributed by atoms with Crippen molar-refractivity contribution >= 4 is 0 Å². The average Bonchev–Trinajstić information content (AvgIpc) is 2.44. The molecule has 22 heavy (non-hydrogen) atoms. The molecule has 4 N–H and O–H groups in total. The molecule has 0 aromatic heterocycles. The molecule has 0 rings (SSSR count). The van der Waals surface area contributed by atoms with Crippen molar-refractivity contribution in [1.29, 1.82) is 0 Å². The summed E-state index contributed by atoms with van der Waals surface area (Å²) in [6, 6.07) is 0. The molecule has 136 valence electrons. The second-order valence-electron chi connectivity index (χ2n) is 4.31. The van der Waals surface area contributed by atoms with Gasteiger partial charge in [-0.2, -0.15) is 0 Å². The Bertz CT molecular complexity index is 78.1. The Morgan fingerprint density at radius 1 is 0.409 bits per heavy atom. The van der Waals surface area contributed by atoms with E-state index in [-0.39, 0.29) is 52.4 Å². The van der Waals surface area contributed by atoms with Crippen molar-refractivity contribution in [2.75, 3.05) is 26.4 Å². The van der Waals surface area contributed by atoms with Gasteiger partial charge in [0.1, 0.15) is 0 Å². The summed E-state index contributed by atoms with van der Waals surface area (Å²) in [5.74, 6) is 0. The SMILES string of the molecule is CCCCO.CCCCO.CCCCO.CCCCO.[Zr].[Zr]. The van der Waals surface area contributed by atoms with Gasteiger partial charge in [-0.1, -0.05) is 53.4 Å². The summed E-state index contributed by atoms with van der Waals surface area (Å²) in [6.45, 7) is 9.58. The summed E-state index contributed by atoms with van der Waals surface area (Å²) >= 11 is 0. The van der Waals surface area contributed by atoms with Gasteiger partial charge in [-0.3, -0.25) is 0 Å². The third-order valence-corrected chi connectivity index (χ3v) is 2.05. The molecule has 6 heteroatoms. The molecule has 0 unspecified atom stereocenters. The van der Waals surface area contributed by atoms with Gasteiger partial charge in [-0.15, -0.1) is 0 Å².